The molecule has 1 atom stereocenters. The van der Waals surface area contributed by atoms with Crippen LogP contribution in [0.4, 0.5) is 0 Å². The molecule has 0 radical (unpaired) electrons. The van der Waals surface area contributed by atoms with Crippen LogP contribution in [0.3, 0.4) is 0 Å². The molecule has 2 heterocycles. The summed E-state index contributed by atoms with van der Waals surface area (Å²) in [5.41, 5.74) is 1.36. The average molecular weight is 358 g/mol. The Labute approximate surface area is 154 Å². The molecule has 2 aromatic rings. The summed E-state index contributed by atoms with van der Waals surface area (Å²) in [6, 6.07) is 14.7. The van der Waals surface area contributed by atoms with Crippen LogP contribution in [0.5, 0.6) is 0 Å². The summed E-state index contributed by atoms with van der Waals surface area (Å²) in [4.78, 5) is 18.5. The van der Waals surface area contributed by atoms with Crippen LogP contribution < -0.4 is 5.32 Å². The zero-order valence-corrected chi connectivity index (χ0v) is 15.7. The van der Waals surface area contributed by atoms with Crippen molar-refractivity contribution in [2.75, 3.05) is 32.7 Å². The molecule has 1 saturated heterocycles. The maximum Gasteiger partial charge on any atom is 0.237 e. The molecule has 1 aliphatic rings. The number of piperazine rings is 1. The van der Waals surface area contributed by atoms with E-state index >= 15 is 0 Å². The van der Waals surface area contributed by atoms with Crippen LogP contribution in [0.1, 0.15) is 17.4 Å². The molecule has 0 aliphatic carbocycles. The largest absolute Gasteiger partial charge is 0.354 e. The van der Waals surface area contributed by atoms with E-state index in [9.17, 15) is 4.79 Å². The van der Waals surface area contributed by atoms with Gasteiger partial charge in [-0.2, -0.15) is 0 Å². The van der Waals surface area contributed by atoms with E-state index in [4.69, 9.17) is 0 Å². The number of carbonyl (C=O) groups is 1. The first-order valence-corrected chi connectivity index (χ1v) is 9.91. The Bertz CT molecular complexity index is 636. The highest BCUT2D eigenvalue weighted by Gasteiger charge is 2.25. The van der Waals surface area contributed by atoms with Gasteiger partial charge in [0.15, 0.2) is 0 Å². The van der Waals surface area contributed by atoms with E-state index in [1.807, 2.05) is 6.92 Å². The first-order valence-electron chi connectivity index (χ1n) is 9.03. The van der Waals surface area contributed by atoms with Crippen LogP contribution in [-0.4, -0.2) is 54.5 Å². The molecular weight excluding hydrogens is 330 g/mol. The lowest BCUT2D eigenvalue weighted by Gasteiger charge is -2.37. The number of nitrogens with zero attached hydrogens (tertiary/aromatic N) is 2. The molecule has 1 N–H and O–H groups in total. The SMILES string of the molecule is C[C@@H](C(=O)NCCc1cccs1)N1CCN(Cc2ccccc2)CC1. The lowest BCUT2D eigenvalue weighted by atomic mass is 10.1. The number of hydrogen-bond acceptors (Lipinski definition) is 4. The Morgan fingerprint density at radius 1 is 1.12 bits per heavy atom. The fourth-order valence-electron chi connectivity index (χ4n) is 3.23. The van der Waals surface area contributed by atoms with Crippen molar-refractivity contribution >= 4 is 17.2 Å². The molecule has 1 fully saturated rings. The van der Waals surface area contributed by atoms with Crippen molar-refractivity contribution in [1.82, 2.24) is 15.1 Å². The second kappa shape index (κ2) is 9.13. The number of hydrogen-bond donors (Lipinski definition) is 1. The van der Waals surface area contributed by atoms with E-state index in [-0.39, 0.29) is 11.9 Å². The Morgan fingerprint density at radius 2 is 1.88 bits per heavy atom. The van der Waals surface area contributed by atoms with Crippen molar-refractivity contribution in [2.24, 2.45) is 0 Å². The second-order valence-corrected chi connectivity index (χ2v) is 7.63. The molecule has 1 aliphatic heterocycles. The number of nitrogens with one attached hydrogen (secondary N) is 1. The van der Waals surface area contributed by atoms with Crippen molar-refractivity contribution in [2.45, 2.75) is 25.9 Å². The monoisotopic (exact) mass is 357 g/mol. The van der Waals surface area contributed by atoms with Crippen LogP contribution >= 0.6 is 11.3 Å². The first kappa shape index (κ1) is 18.1. The van der Waals surface area contributed by atoms with Crippen molar-refractivity contribution in [3.05, 3.63) is 58.3 Å². The summed E-state index contributed by atoms with van der Waals surface area (Å²) < 4.78 is 0. The predicted octanol–water partition coefficient (Wildman–Crippen LogP) is 2.61. The maximum atomic E-state index is 12.4. The standard InChI is InChI=1S/C20H27N3OS/c1-17(20(24)21-10-9-19-8-5-15-25-19)23-13-11-22(12-14-23)16-18-6-3-2-4-7-18/h2-8,15,17H,9-14,16H2,1H3,(H,21,24)/t17-/m0/s1. The highest BCUT2D eigenvalue weighted by molar-refractivity contribution is 7.09. The molecule has 1 aromatic heterocycles. The van der Waals surface area contributed by atoms with Crippen LogP contribution in [0, 0.1) is 0 Å². The summed E-state index contributed by atoms with van der Waals surface area (Å²) in [5.74, 6) is 0.146. The van der Waals surface area contributed by atoms with Gasteiger partial charge in [0.2, 0.25) is 5.91 Å². The van der Waals surface area contributed by atoms with Gasteiger partial charge in [-0.3, -0.25) is 14.6 Å². The highest BCUT2D eigenvalue weighted by Crippen LogP contribution is 2.11. The lowest BCUT2D eigenvalue weighted by molar-refractivity contribution is -0.126. The van der Waals surface area contributed by atoms with Gasteiger partial charge in [0.25, 0.3) is 0 Å². The molecule has 3 rings (SSSR count). The molecule has 25 heavy (non-hydrogen) atoms. The molecule has 0 spiro atoms. The maximum absolute atomic E-state index is 12.4. The molecule has 0 unspecified atom stereocenters. The van der Waals surface area contributed by atoms with E-state index in [1.165, 1.54) is 10.4 Å². The van der Waals surface area contributed by atoms with Crippen LogP contribution in [-0.2, 0) is 17.8 Å². The number of amides is 1. The quantitative estimate of drug-likeness (QED) is 0.827. The van der Waals surface area contributed by atoms with E-state index in [1.54, 1.807) is 11.3 Å². The Morgan fingerprint density at radius 3 is 2.56 bits per heavy atom. The van der Waals surface area contributed by atoms with E-state index in [2.05, 4.69) is 63.0 Å². The minimum absolute atomic E-state index is 0.0535. The van der Waals surface area contributed by atoms with Gasteiger partial charge in [0.1, 0.15) is 0 Å². The topological polar surface area (TPSA) is 35.6 Å². The Balaban J connectivity index is 1.38. The third-order valence-corrected chi connectivity index (χ3v) is 5.77. The summed E-state index contributed by atoms with van der Waals surface area (Å²) in [7, 11) is 0. The van der Waals surface area contributed by atoms with Gasteiger partial charge in [0.05, 0.1) is 6.04 Å². The minimum atomic E-state index is -0.0535. The molecule has 5 heteroatoms. The number of benzene rings is 1. The van der Waals surface area contributed by atoms with Crippen LogP contribution in [0.2, 0.25) is 0 Å². The van der Waals surface area contributed by atoms with Crippen LogP contribution in [0.15, 0.2) is 47.8 Å². The predicted molar refractivity (Wildman–Crippen MR) is 104 cm³/mol. The zero-order chi connectivity index (χ0) is 17.5. The summed E-state index contributed by atoms with van der Waals surface area (Å²) in [5, 5.41) is 5.16. The van der Waals surface area contributed by atoms with E-state index in [0.29, 0.717) is 0 Å². The second-order valence-electron chi connectivity index (χ2n) is 6.59. The number of thiophene rings is 1. The van der Waals surface area contributed by atoms with Crippen molar-refractivity contribution in [1.29, 1.82) is 0 Å². The van der Waals surface area contributed by atoms with Gasteiger partial charge < -0.3 is 5.32 Å². The minimum Gasteiger partial charge on any atom is -0.354 e. The van der Waals surface area contributed by atoms with Gasteiger partial charge in [0, 0.05) is 44.1 Å². The van der Waals surface area contributed by atoms with Gasteiger partial charge in [-0.1, -0.05) is 36.4 Å². The molecule has 1 amide bonds. The van der Waals surface area contributed by atoms with Gasteiger partial charge >= 0.3 is 0 Å². The zero-order valence-electron chi connectivity index (χ0n) is 14.9. The fraction of sp³-hybridized carbons (Fsp3) is 0.450. The van der Waals surface area contributed by atoms with Gasteiger partial charge in [-0.15, -0.1) is 11.3 Å². The molecule has 0 saturated carbocycles. The first-order chi connectivity index (χ1) is 12.2. The van der Waals surface area contributed by atoms with Crippen molar-refractivity contribution < 1.29 is 4.79 Å². The molecule has 134 valence electrons. The lowest BCUT2D eigenvalue weighted by Crippen LogP contribution is -2.53. The summed E-state index contributed by atoms with van der Waals surface area (Å²) in [6.45, 7) is 7.67. The average Bonchev–Trinajstić information content (AvgIpc) is 3.16. The highest BCUT2D eigenvalue weighted by atomic mass is 32.1. The molecule has 4 nitrogen and oxygen atoms in total. The molecule has 0 bridgehead atoms. The number of carbonyl (C=O) groups excluding carboxylic acids is 1. The third kappa shape index (κ3) is 5.39. The normalized spacial score (nSPS) is 17.3. The van der Waals surface area contributed by atoms with E-state index in [0.717, 1.165) is 45.7 Å². The van der Waals surface area contributed by atoms with E-state index < -0.39 is 0 Å². The van der Waals surface area contributed by atoms with Gasteiger partial charge in [-0.25, -0.2) is 0 Å². The number of rotatable bonds is 7. The van der Waals surface area contributed by atoms with Crippen molar-refractivity contribution in [3.63, 3.8) is 0 Å². The summed E-state index contributed by atoms with van der Waals surface area (Å²) in [6.07, 6.45) is 0.918. The fourth-order valence-corrected chi connectivity index (χ4v) is 3.94. The Hall–Kier alpha value is -1.69. The third-order valence-electron chi connectivity index (χ3n) is 4.83. The van der Waals surface area contributed by atoms with Gasteiger partial charge in [-0.05, 0) is 30.4 Å². The van der Waals surface area contributed by atoms with Crippen molar-refractivity contribution in [3.8, 4) is 0 Å². The smallest absolute Gasteiger partial charge is 0.237 e. The molecule has 1 aromatic carbocycles. The Kier molecular flexibility index (Phi) is 6.62. The summed E-state index contributed by atoms with van der Waals surface area (Å²) >= 11 is 1.74. The van der Waals surface area contributed by atoms with Crippen LogP contribution in [0.25, 0.3) is 0 Å². The molecular formula is C20H27N3OS.